The van der Waals surface area contributed by atoms with E-state index in [1.54, 1.807) is 19.9 Å². The van der Waals surface area contributed by atoms with Gasteiger partial charge in [0.25, 0.3) is 5.91 Å². The number of aryl methyl sites for hydroxylation is 2. The van der Waals surface area contributed by atoms with Gasteiger partial charge in [0.15, 0.2) is 5.82 Å². The lowest BCUT2D eigenvalue weighted by molar-refractivity contribution is -0.202. The van der Waals surface area contributed by atoms with Gasteiger partial charge in [-0.05, 0) is 31.5 Å². The van der Waals surface area contributed by atoms with E-state index in [9.17, 15) is 22.8 Å². The highest BCUT2D eigenvalue weighted by Gasteiger charge is 2.45. The number of carbonyl (C=O) groups is 2. The van der Waals surface area contributed by atoms with Crippen molar-refractivity contribution >= 4 is 17.7 Å². The molecule has 0 aliphatic carbocycles. The third kappa shape index (κ3) is 3.53. The predicted molar refractivity (Wildman–Crippen MR) is 69.7 cm³/mol. The number of rotatable bonds is 2. The molecular weight excluding hydrogens is 303 g/mol. The van der Waals surface area contributed by atoms with Gasteiger partial charge >= 0.3 is 12.1 Å². The molecule has 1 aliphatic rings. The van der Waals surface area contributed by atoms with E-state index in [1.807, 2.05) is 0 Å². The second-order valence-electron chi connectivity index (χ2n) is 5.01. The van der Waals surface area contributed by atoms with E-state index in [0.29, 0.717) is 29.4 Å². The summed E-state index contributed by atoms with van der Waals surface area (Å²) in [5.74, 6) is -3.90. The molecule has 1 aromatic rings. The van der Waals surface area contributed by atoms with E-state index in [-0.39, 0.29) is 5.82 Å². The monoisotopic (exact) mass is 317 g/mol. The maximum atomic E-state index is 12.4. The number of nitrogens with zero attached hydrogens (tertiary/aromatic N) is 2. The van der Waals surface area contributed by atoms with E-state index in [1.165, 1.54) is 6.07 Å². The number of nitrogens with one attached hydrogen (secondary N) is 1. The molecule has 0 spiro atoms. The minimum Gasteiger partial charge on any atom is -0.323 e. The largest absolute Gasteiger partial charge is 0.493 e. The average Bonchev–Trinajstić information content (AvgIpc) is 2.30. The molecule has 6 nitrogen and oxygen atoms in total. The quantitative estimate of drug-likeness (QED) is 0.832. The highest BCUT2D eigenvalue weighted by Crippen LogP contribution is 2.23. The third-order valence-corrected chi connectivity index (χ3v) is 3.03. The van der Waals surface area contributed by atoms with Gasteiger partial charge in [-0.15, -0.1) is 5.06 Å². The molecule has 0 atom stereocenters. The van der Waals surface area contributed by atoms with Crippen LogP contribution in [0.1, 0.15) is 11.3 Å². The van der Waals surface area contributed by atoms with E-state index in [2.05, 4.69) is 15.1 Å². The molecule has 2 heterocycles. The molecule has 1 N–H and O–H groups in total. The van der Waals surface area contributed by atoms with Gasteiger partial charge in [0.2, 0.25) is 0 Å². The number of anilines is 1. The van der Waals surface area contributed by atoms with Crippen LogP contribution < -0.4 is 10.4 Å². The lowest BCUT2D eigenvalue weighted by Crippen LogP contribution is -2.53. The Kier molecular flexibility index (Phi) is 4.36. The molecule has 0 aromatic carbocycles. The summed E-state index contributed by atoms with van der Waals surface area (Å²) in [6, 6.07) is 3.06. The van der Waals surface area contributed by atoms with Crippen LogP contribution in [-0.2, 0) is 14.4 Å². The van der Waals surface area contributed by atoms with Crippen LogP contribution in [0.25, 0.3) is 0 Å². The SMILES string of the molecule is Cc1cc(C)nc(N(OC(=O)C(F)(F)F)C(=O)C2CNC2)c1. The number of amides is 1. The first-order valence-corrected chi connectivity index (χ1v) is 6.47. The summed E-state index contributed by atoms with van der Waals surface area (Å²) in [4.78, 5) is 31.5. The second-order valence-corrected chi connectivity index (χ2v) is 5.01. The summed E-state index contributed by atoms with van der Waals surface area (Å²) in [7, 11) is 0. The van der Waals surface area contributed by atoms with E-state index < -0.39 is 24.0 Å². The standard InChI is InChI=1S/C13H14F3N3O3/c1-7-3-8(2)18-10(4-7)19(11(20)9-5-17-6-9)22-12(21)13(14,15)16/h3-4,9,17H,5-6H2,1-2H3. The van der Waals surface area contributed by atoms with Crippen molar-refractivity contribution in [1.29, 1.82) is 0 Å². The first-order chi connectivity index (χ1) is 10.2. The predicted octanol–water partition coefficient (Wildman–Crippen LogP) is 1.27. The fourth-order valence-corrected chi connectivity index (χ4v) is 1.89. The normalized spacial score (nSPS) is 15.1. The topological polar surface area (TPSA) is 71.5 Å². The van der Waals surface area contributed by atoms with Crippen LogP contribution in [0.3, 0.4) is 0 Å². The number of alkyl halides is 3. The Morgan fingerprint density at radius 2 is 1.95 bits per heavy atom. The molecule has 22 heavy (non-hydrogen) atoms. The van der Waals surface area contributed by atoms with E-state index >= 15 is 0 Å². The number of hydrogen-bond donors (Lipinski definition) is 1. The molecule has 0 bridgehead atoms. The van der Waals surface area contributed by atoms with Crippen LogP contribution in [0.2, 0.25) is 0 Å². The highest BCUT2D eigenvalue weighted by molar-refractivity contribution is 5.95. The van der Waals surface area contributed by atoms with Crippen molar-refractivity contribution in [2.75, 3.05) is 18.2 Å². The summed E-state index contributed by atoms with van der Waals surface area (Å²) in [5, 5.41) is 3.16. The van der Waals surface area contributed by atoms with Crippen LogP contribution in [0, 0.1) is 19.8 Å². The summed E-state index contributed by atoms with van der Waals surface area (Å²) in [6.45, 7) is 3.93. The minimum atomic E-state index is -5.20. The van der Waals surface area contributed by atoms with Gasteiger partial charge in [-0.1, -0.05) is 0 Å². The molecule has 120 valence electrons. The van der Waals surface area contributed by atoms with E-state index in [4.69, 9.17) is 0 Å². The average molecular weight is 317 g/mol. The first-order valence-electron chi connectivity index (χ1n) is 6.47. The lowest BCUT2D eigenvalue weighted by atomic mass is 10.0. The lowest BCUT2D eigenvalue weighted by Gasteiger charge is -2.30. The Labute approximate surface area is 124 Å². The summed E-state index contributed by atoms with van der Waals surface area (Å²) >= 11 is 0. The molecular formula is C13H14F3N3O3. The maximum absolute atomic E-state index is 12.4. The Hall–Kier alpha value is -2.16. The summed E-state index contributed by atoms with van der Waals surface area (Å²) in [5.41, 5.74) is 1.16. The third-order valence-electron chi connectivity index (χ3n) is 3.03. The first kappa shape index (κ1) is 16.2. The molecule has 9 heteroatoms. The zero-order valence-corrected chi connectivity index (χ0v) is 11.9. The summed E-state index contributed by atoms with van der Waals surface area (Å²) < 4.78 is 37.2. The van der Waals surface area contributed by atoms with Gasteiger partial charge in [0.05, 0.1) is 5.92 Å². The van der Waals surface area contributed by atoms with Gasteiger partial charge in [0, 0.05) is 18.8 Å². The van der Waals surface area contributed by atoms with Crippen molar-refractivity contribution in [3.63, 3.8) is 0 Å². The van der Waals surface area contributed by atoms with Gasteiger partial charge in [-0.2, -0.15) is 13.2 Å². The fraction of sp³-hybridized carbons (Fsp3) is 0.462. The van der Waals surface area contributed by atoms with Crippen molar-refractivity contribution in [1.82, 2.24) is 10.3 Å². The van der Waals surface area contributed by atoms with Gasteiger partial charge in [-0.3, -0.25) is 4.79 Å². The smallest absolute Gasteiger partial charge is 0.323 e. The Morgan fingerprint density at radius 1 is 1.32 bits per heavy atom. The van der Waals surface area contributed by atoms with Crippen LogP contribution in [-0.4, -0.2) is 36.1 Å². The van der Waals surface area contributed by atoms with E-state index in [0.717, 1.165) is 0 Å². The van der Waals surface area contributed by atoms with Crippen LogP contribution in [0.4, 0.5) is 19.0 Å². The Morgan fingerprint density at radius 3 is 2.41 bits per heavy atom. The molecule has 1 fully saturated rings. The fourth-order valence-electron chi connectivity index (χ4n) is 1.89. The van der Waals surface area contributed by atoms with Crippen molar-refractivity contribution < 1.29 is 27.6 Å². The number of hydrogen-bond acceptors (Lipinski definition) is 5. The molecule has 0 unspecified atom stereocenters. The molecule has 2 rings (SSSR count). The number of hydroxylamine groups is 1. The number of pyridine rings is 1. The van der Waals surface area contributed by atoms with Crippen LogP contribution >= 0.6 is 0 Å². The number of aromatic nitrogens is 1. The number of halogens is 3. The molecule has 1 aromatic heterocycles. The zero-order chi connectivity index (χ0) is 16.5. The number of carbonyl (C=O) groups excluding carboxylic acids is 2. The van der Waals surface area contributed by atoms with Gasteiger partial charge in [0.1, 0.15) is 0 Å². The van der Waals surface area contributed by atoms with Gasteiger partial charge < -0.3 is 10.2 Å². The van der Waals surface area contributed by atoms with Crippen LogP contribution in [0.5, 0.6) is 0 Å². The molecule has 1 amide bonds. The van der Waals surface area contributed by atoms with Crippen molar-refractivity contribution in [2.45, 2.75) is 20.0 Å². The van der Waals surface area contributed by atoms with Crippen molar-refractivity contribution in [3.05, 3.63) is 23.4 Å². The van der Waals surface area contributed by atoms with Crippen molar-refractivity contribution in [2.24, 2.45) is 5.92 Å². The van der Waals surface area contributed by atoms with Crippen LogP contribution in [0.15, 0.2) is 12.1 Å². The molecule has 0 radical (unpaired) electrons. The highest BCUT2D eigenvalue weighted by atomic mass is 19.4. The Bertz CT molecular complexity index is 580. The zero-order valence-electron chi connectivity index (χ0n) is 11.9. The molecule has 1 saturated heterocycles. The summed E-state index contributed by atoms with van der Waals surface area (Å²) in [6.07, 6.45) is -5.20. The second kappa shape index (κ2) is 5.91. The minimum absolute atomic E-state index is 0.146. The Balaban J connectivity index is 2.32. The molecule has 0 saturated carbocycles. The maximum Gasteiger partial charge on any atom is 0.493 e. The van der Waals surface area contributed by atoms with Crippen molar-refractivity contribution in [3.8, 4) is 0 Å². The van der Waals surface area contributed by atoms with Gasteiger partial charge in [-0.25, -0.2) is 9.78 Å². The molecule has 1 aliphatic heterocycles.